The quantitative estimate of drug-likeness (QED) is 0.735. The van der Waals surface area contributed by atoms with Crippen LogP contribution in [-0.4, -0.2) is 37.6 Å². The number of hydrogen-bond donors (Lipinski definition) is 2. The Bertz CT molecular complexity index is 808. The van der Waals surface area contributed by atoms with Gasteiger partial charge in [0.15, 0.2) is 5.13 Å². The molecule has 1 aliphatic carbocycles. The van der Waals surface area contributed by atoms with Crippen LogP contribution in [0.1, 0.15) is 53.0 Å². The van der Waals surface area contributed by atoms with Gasteiger partial charge in [0.2, 0.25) is 0 Å². The van der Waals surface area contributed by atoms with Gasteiger partial charge in [-0.2, -0.15) is 0 Å². The molecule has 1 saturated carbocycles. The normalized spacial score (nSPS) is 14.4. The molecule has 8 heteroatoms. The minimum absolute atomic E-state index is 0.203. The van der Waals surface area contributed by atoms with Crippen LogP contribution in [0.2, 0.25) is 0 Å². The number of methoxy groups -OCH3 is 2. The van der Waals surface area contributed by atoms with Crippen molar-refractivity contribution in [2.24, 2.45) is 5.92 Å². The second-order valence-corrected chi connectivity index (χ2v) is 7.67. The maximum absolute atomic E-state index is 12.5. The summed E-state index contributed by atoms with van der Waals surface area (Å²) in [6.07, 6.45) is 6.11. The van der Waals surface area contributed by atoms with Gasteiger partial charge in [-0.05, 0) is 30.9 Å². The lowest BCUT2D eigenvalue weighted by Gasteiger charge is -2.21. The van der Waals surface area contributed by atoms with Crippen LogP contribution in [0.5, 0.6) is 11.5 Å². The average Bonchev–Trinajstić information content (AvgIpc) is 3.20. The highest BCUT2D eigenvalue weighted by molar-refractivity contribution is 7.14. The van der Waals surface area contributed by atoms with Crippen molar-refractivity contribution >= 4 is 28.3 Å². The first-order valence-corrected chi connectivity index (χ1v) is 10.2. The number of thiazole rings is 1. The molecule has 0 atom stereocenters. The zero-order chi connectivity index (χ0) is 19.9. The van der Waals surface area contributed by atoms with Gasteiger partial charge >= 0.3 is 0 Å². The predicted octanol–water partition coefficient (Wildman–Crippen LogP) is 3.72. The molecule has 7 nitrogen and oxygen atoms in total. The van der Waals surface area contributed by atoms with Crippen LogP contribution in [-0.2, 0) is 0 Å². The number of hydrogen-bond acceptors (Lipinski definition) is 6. The van der Waals surface area contributed by atoms with Crippen LogP contribution in [0.4, 0.5) is 5.13 Å². The second kappa shape index (κ2) is 9.54. The van der Waals surface area contributed by atoms with E-state index in [1.54, 1.807) is 23.6 Å². The number of carbonyl (C=O) groups is 2. The highest BCUT2D eigenvalue weighted by Crippen LogP contribution is 2.25. The molecule has 2 N–H and O–H groups in total. The van der Waals surface area contributed by atoms with E-state index in [4.69, 9.17) is 9.47 Å². The van der Waals surface area contributed by atoms with Crippen molar-refractivity contribution < 1.29 is 19.1 Å². The molecule has 2 amide bonds. The lowest BCUT2D eigenvalue weighted by atomic mass is 9.89. The Kier molecular flexibility index (Phi) is 6.86. The summed E-state index contributed by atoms with van der Waals surface area (Å²) in [7, 11) is 3.05. The Hall–Kier alpha value is -2.61. The van der Waals surface area contributed by atoms with Crippen LogP contribution < -0.4 is 20.1 Å². The molecule has 0 unspecified atom stereocenters. The Morgan fingerprint density at radius 1 is 1.07 bits per heavy atom. The molecular weight excluding hydrogens is 378 g/mol. The van der Waals surface area contributed by atoms with E-state index < -0.39 is 0 Å². The van der Waals surface area contributed by atoms with Crippen molar-refractivity contribution in [2.75, 3.05) is 26.1 Å². The number of rotatable bonds is 7. The number of amides is 2. The summed E-state index contributed by atoms with van der Waals surface area (Å²) in [4.78, 5) is 29.1. The molecule has 1 aromatic heterocycles. The van der Waals surface area contributed by atoms with E-state index in [-0.39, 0.29) is 11.8 Å². The van der Waals surface area contributed by atoms with Gasteiger partial charge in [-0.25, -0.2) is 4.98 Å². The SMILES string of the molecule is COc1cc(OC)cc(C(=O)Nc2nc(C(=O)NCC3CCCCC3)cs2)c1. The molecule has 1 fully saturated rings. The largest absolute Gasteiger partial charge is 0.497 e. The first-order chi connectivity index (χ1) is 13.6. The third-order valence-corrected chi connectivity index (χ3v) is 5.60. The fourth-order valence-corrected chi connectivity index (χ4v) is 3.95. The Morgan fingerprint density at radius 3 is 2.39 bits per heavy atom. The molecule has 0 spiro atoms. The monoisotopic (exact) mass is 403 g/mol. The number of nitrogens with one attached hydrogen (secondary N) is 2. The topological polar surface area (TPSA) is 89.6 Å². The molecule has 150 valence electrons. The van der Waals surface area contributed by atoms with Gasteiger partial charge in [-0.15, -0.1) is 11.3 Å². The van der Waals surface area contributed by atoms with Crippen molar-refractivity contribution in [1.82, 2.24) is 10.3 Å². The zero-order valence-electron chi connectivity index (χ0n) is 16.1. The molecule has 28 heavy (non-hydrogen) atoms. The highest BCUT2D eigenvalue weighted by atomic mass is 32.1. The number of ether oxygens (including phenoxy) is 2. The number of anilines is 1. The van der Waals surface area contributed by atoms with E-state index >= 15 is 0 Å². The standard InChI is InChI=1S/C20H25N3O4S/c1-26-15-8-14(9-16(10-15)27-2)18(24)23-20-22-17(12-28-20)19(25)21-11-13-6-4-3-5-7-13/h8-10,12-13H,3-7,11H2,1-2H3,(H,21,25)(H,22,23,24). The molecule has 2 aromatic rings. The third kappa shape index (κ3) is 5.22. The Morgan fingerprint density at radius 2 is 1.75 bits per heavy atom. The molecular formula is C20H25N3O4S. The van der Waals surface area contributed by atoms with E-state index in [0.29, 0.717) is 40.4 Å². The van der Waals surface area contributed by atoms with Crippen molar-refractivity contribution in [3.05, 3.63) is 34.8 Å². The minimum atomic E-state index is -0.347. The lowest BCUT2D eigenvalue weighted by molar-refractivity contribution is 0.0938. The summed E-state index contributed by atoms with van der Waals surface area (Å²) in [5.74, 6) is 1.04. The van der Waals surface area contributed by atoms with E-state index in [1.165, 1.54) is 57.7 Å². The summed E-state index contributed by atoms with van der Waals surface area (Å²) in [5.41, 5.74) is 0.703. The highest BCUT2D eigenvalue weighted by Gasteiger charge is 2.17. The molecule has 0 bridgehead atoms. The smallest absolute Gasteiger partial charge is 0.270 e. The molecule has 0 aliphatic heterocycles. The van der Waals surface area contributed by atoms with E-state index in [0.717, 1.165) is 0 Å². The molecule has 1 aliphatic rings. The molecule has 1 heterocycles. The first-order valence-electron chi connectivity index (χ1n) is 9.37. The fraction of sp³-hybridized carbons (Fsp3) is 0.450. The van der Waals surface area contributed by atoms with Crippen molar-refractivity contribution in [1.29, 1.82) is 0 Å². The van der Waals surface area contributed by atoms with Crippen LogP contribution in [0, 0.1) is 5.92 Å². The van der Waals surface area contributed by atoms with Crippen molar-refractivity contribution in [3.8, 4) is 11.5 Å². The number of nitrogens with zero attached hydrogens (tertiary/aromatic N) is 1. The number of benzene rings is 1. The van der Waals surface area contributed by atoms with Crippen LogP contribution in [0.3, 0.4) is 0 Å². The van der Waals surface area contributed by atoms with Gasteiger partial charge in [-0.3, -0.25) is 14.9 Å². The van der Waals surface area contributed by atoms with Crippen molar-refractivity contribution in [3.63, 3.8) is 0 Å². The van der Waals surface area contributed by atoms with Gasteiger partial charge < -0.3 is 14.8 Å². The molecule has 0 saturated heterocycles. The first kappa shape index (κ1) is 20.1. The molecule has 1 aromatic carbocycles. The van der Waals surface area contributed by atoms with Gasteiger partial charge in [0.1, 0.15) is 17.2 Å². The summed E-state index contributed by atoms with van der Waals surface area (Å²) >= 11 is 1.22. The summed E-state index contributed by atoms with van der Waals surface area (Å²) in [5, 5.41) is 7.70. The average molecular weight is 404 g/mol. The van der Waals surface area contributed by atoms with Gasteiger partial charge in [0.05, 0.1) is 14.2 Å². The predicted molar refractivity (Wildman–Crippen MR) is 109 cm³/mol. The fourth-order valence-electron chi connectivity index (χ4n) is 3.26. The van der Waals surface area contributed by atoms with Crippen LogP contribution >= 0.6 is 11.3 Å². The van der Waals surface area contributed by atoms with Crippen LogP contribution in [0.25, 0.3) is 0 Å². The van der Waals surface area contributed by atoms with Crippen LogP contribution in [0.15, 0.2) is 23.6 Å². The third-order valence-electron chi connectivity index (χ3n) is 4.85. The van der Waals surface area contributed by atoms with Gasteiger partial charge in [-0.1, -0.05) is 19.3 Å². The summed E-state index contributed by atoms with van der Waals surface area (Å²) < 4.78 is 10.4. The van der Waals surface area contributed by atoms with E-state index in [2.05, 4.69) is 15.6 Å². The minimum Gasteiger partial charge on any atom is -0.497 e. The molecule has 3 rings (SSSR count). The summed E-state index contributed by atoms with van der Waals surface area (Å²) in [6.45, 7) is 0.682. The van der Waals surface area contributed by atoms with Gasteiger partial charge in [0.25, 0.3) is 11.8 Å². The lowest BCUT2D eigenvalue weighted by Crippen LogP contribution is -2.30. The Labute approximate surface area is 168 Å². The van der Waals surface area contributed by atoms with Crippen molar-refractivity contribution in [2.45, 2.75) is 32.1 Å². The zero-order valence-corrected chi connectivity index (χ0v) is 16.9. The second-order valence-electron chi connectivity index (χ2n) is 6.81. The van der Waals surface area contributed by atoms with E-state index in [9.17, 15) is 9.59 Å². The summed E-state index contributed by atoms with van der Waals surface area (Å²) in [6, 6.07) is 4.92. The maximum atomic E-state index is 12.5. The van der Waals surface area contributed by atoms with E-state index in [1.807, 2.05) is 0 Å². The number of aromatic nitrogens is 1. The number of carbonyl (C=O) groups excluding carboxylic acids is 2. The van der Waals surface area contributed by atoms with Gasteiger partial charge in [0, 0.05) is 23.6 Å². The maximum Gasteiger partial charge on any atom is 0.270 e. The molecule has 0 radical (unpaired) electrons. The Balaban J connectivity index is 1.59.